The summed E-state index contributed by atoms with van der Waals surface area (Å²) in [4.78, 5) is 12.0. The second-order valence-corrected chi connectivity index (χ2v) is 6.53. The summed E-state index contributed by atoms with van der Waals surface area (Å²) in [5.41, 5.74) is 2.60. The molecule has 0 saturated carbocycles. The molecule has 0 unspecified atom stereocenters. The third-order valence-corrected chi connectivity index (χ3v) is 4.46. The largest absolute Gasteiger partial charge is 0.376 e. The van der Waals surface area contributed by atoms with Crippen molar-refractivity contribution in [3.63, 3.8) is 0 Å². The molecule has 4 nitrogen and oxygen atoms in total. The average molecular weight is 394 g/mol. The Labute approximate surface area is 167 Å². The Morgan fingerprint density at radius 3 is 2.50 bits per heavy atom. The van der Waals surface area contributed by atoms with Crippen molar-refractivity contribution < 1.29 is 9.18 Å². The van der Waals surface area contributed by atoms with Gasteiger partial charge in [0.2, 0.25) is 5.91 Å². The predicted octanol–water partition coefficient (Wildman–Crippen LogP) is 5.19. The number of benzene rings is 3. The van der Waals surface area contributed by atoms with Gasteiger partial charge in [-0.3, -0.25) is 4.79 Å². The van der Waals surface area contributed by atoms with Gasteiger partial charge in [0.1, 0.15) is 5.82 Å². The Hall–Kier alpha value is -3.36. The van der Waals surface area contributed by atoms with E-state index in [1.165, 1.54) is 18.2 Å². The van der Waals surface area contributed by atoms with Crippen LogP contribution < -0.4 is 10.6 Å². The predicted molar refractivity (Wildman–Crippen MR) is 109 cm³/mol. The van der Waals surface area contributed by atoms with Gasteiger partial charge >= 0.3 is 0 Å². The van der Waals surface area contributed by atoms with E-state index in [0.717, 1.165) is 5.56 Å². The number of carbonyl (C=O) groups excluding carboxylic acids is 1. The summed E-state index contributed by atoms with van der Waals surface area (Å²) >= 11 is 6.38. The van der Waals surface area contributed by atoms with Crippen LogP contribution in [0.5, 0.6) is 0 Å². The van der Waals surface area contributed by atoms with Crippen LogP contribution in [-0.2, 0) is 4.79 Å². The van der Waals surface area contributed by atoms with Gasteiger partial charge in [-0.15, -0.1) is 0 Å². The minimum absolute atomic E-state index is 0.00739. The first-order valence-corrected chi connectivity index (χ1v) is 8.98. The molecule has 2 N–H and O–H groups in total. The van der Waals surface area contributed by atoms with E-state index in [2.05, 4.69) is 16.7 Å². The fraction of sp³-hybridized carbons (Fsp3) is 0.0909. The number of amides is 1. The molecular formula is C22H17ClFN3O. The Morgan fingerprint density at radius 2 is 1.82 bits per heavy atom. The normalized spacial score (nSPS) is 11.3. The standard InChI is InChI=1S/C22H17ClFN3O/c23-21-12-17(26-14-22(28)27-18-8-4-7-16(24)11-18)9-10-19(21)20(13-25)15-5-2-1-3-6-15/h1-12,20,26H,14H2,(H,27,28)/t20-/m1/s1. The first kappa shape index (κ1) is 19.4. The van der Waals surface area contributed by atoms with E-state index in [1.54, 1.807) is 24.3 Å². The molecule has 3 aromatic carbocycles. The van der Waals surface area contributed by atoms with E-state index in [4.69, 9.17) is 11.6 Å². The topological polar surface area (TPSA) is 64.9 Å². The summed E-state index contributed by atoms with van der Waals surface area (Å²) in [6.07, 6.45) is 0. The summed E-state index contributed by atoms with van der Waals surface area (Å²) in [5.74, 6) is -1.21. The lowest BCUT2D eigenvalue weighted by atomic mass is 9.92. The Morgan fingerprint density at radius 1 is 1.04 bits per heavy atom. The monoisotopic (exact) mass is 393 g/mol. The van der Waals surface area contributed by atoms with Gasteiger partial charge in [0, 0.05) is 16.4 Å². The molecule has 0 aliphatic rings. The molecule has 0 aliphatic heterocycles. The van der Waals surface area contributed by atoms with Crippen LogP contribution in [0.15, 0.2) is 72.8 Å². The zero-order chi connectivity index (χ0) is 19.9. The lowest BCUT2D eigenvalue weighted by molar-refractivity contribution is -0.114. The molecule has 140 valence electrons. The molecule has 0 saturated heterocycles. The van der Waals surface area contributed by atoms with Crippen molar-refractivity contribution >= 4 is 28.9 Å². The molecule has 0 fully saturated rings. The number of anilines is 2. The Balaban J connectivity index is 1.65. The van der Waals surface area contributed by atoms with Crippen molar-refractivity contribution in [3.05, 3.63) is 94.8 Å². The molecule has 6 heteroatoms. The Bertz CT molecular complexity index is 1020. The van der Waals surface area contributed by atoms with E-state index in [1.807, 2.05) is 30.3 Å². The number of nitriles is 1. The fourth-order valence-corrected chi connectivity index (χ4v) is 3.08. The van der Waals surface area contributed by atoms with Gasteiger partial charge in [-0.05, 0) is 41.5 Å². The van der Waals surface area contributed by atoms with Gasteiger partial charge in [0.05, 0.1) is 18.5 Å². The number of rotatable bonds is 6. The van der Waals surface area contributed by atoms with E-state index in [-0.39, 0.29) is 12.5 Å². The SMILES string of the molecule is N#C[C@H](c1ccccc1)c1ccc(NCC(=O)Nc2cccc(F)c2)cc1Cl. The molecular weight excluding hydrogens is 377 g/mol. The van der Waals surface area contributed by atoms with Crippen LogP contribution >= 0.6 is 11.6 Å². The van der Waals surface area contributed by atoms with Crippen LogP contribution in [0.25, 0.3) is 0 Å². The average Bonchev–Trinajstić information content (AvgIpc) is 2.69. The van der Waals surface area contributed by atoms with Crippen molar-refractivity contribution in [2.45, 2.75) is 5.92 Å². The van der Waals surface area contributed by atoms with Crippen LogP contribution in [0.2, 0.25) is 5.02 Å². The summed E-state index contributed by atoms with van der Waals surface area (Å²) in [6.45, 7) is -0.00739. The summed E-state index contributed by atoms with van der Waals surface area (Å²) in [6, 6.07) is 22.6. The van der Waals surface area contributed by atoms with Gasteiger partial charge in [0.25, 0.3) is 0 Å². The third kappa shape index (κ3) is 4.87. The summed E-state index contributed by atoms with van der Waals surface area (Å²) < 4.78 is 13.2. The lowest BCUT2D eigenvalue weighted by Crippen LogP contribution is -2.21. The van der Waals surface area contributed by atoms with Crippen LogP contribution in [0, 0.1) is 17.1 Å². The minimum Gasteiger partial charge on any atom is -0.376 e. The number of carbonyl (C=O) groups is 1. The molecule has 3 aromatic rings. The molecule has 1 amide bonds. The minimum atomic E-state index is -0.473. The molecule has 0 aromatic heterocycles. The molecule has 3 rings (SSSR count). The molecule has 28 heavy (non-hydrogen) atoms. The maximum absolute atomic E-state index is 13.2. The molecule has 0 spiro atoms. The molecule has 0 aliphatic carbocycles. The summed E-state index contributed by atoms with van der Waals surface area (Å²) in [7, 11) is 0. The van der Waals surface area contributed by atoms with E-state index >= 15 is 0 Å². The molecule has 0 heterocycles. The van der Waals surface area contributed by atoms with Crippen LogP contribution in [-0.4, -0.2) is 12.5 Å². The van der Waals surface area contributed by atoms with E-state index in [9.17, 15) is 14.4 Å². The van der Waals surface area contributed by atoms with Crippen molar-refractivity contribution in [2.24, 2.45) is 0 Å². The van der Waals surface area contributed by atoms with Gasteiger partial charge < -0.3 is 10.6 Å². The highest BCUT2D eigenvalue weighted by Crippen LogP contribution is 2.31. The maximum Gasteiger partial charge on any atom is 0.243 e. The second kappa shape index (κ2) is 9.03. The van der Waals surface area contributed by atoms with Gasteiger partial charge in [-0.25, -0.2) is 4.39 Å². The van der Waals surface area contributed by atoms with Crippen molar-refractivity contribution in [1.82, 2.24) is 0 Å². The zero-order valence-electron chi connectivity index (χ0n) is 14.8. The van der Waals surface area contributed by atoms with Crippen LogP contribution in [0.4, 0.5) is 15.8 Å². The summed E-state index contributed by atoms with van der Waals surface area (Å²) in [5, 5.41) is 15.6. The van der Waals surface area contributed by atoms with Crippen molar-refractivity contribution in [2.75, 3.05) is 17.2 Å². The van der Waals surface area contributed by atoms with Crippen molar-refractivity contribution in [1.29, 1.82) is 5.26 Å². The number of hydrogen-bond acceptors (Lipinski definition) is 3. The molecule has 1 atom stereocenters. The quantitative estimate of drug-likeness (QED) is 0.606. The van der Waals surface area contributed by atoms with Gasteiger partial charge in [-0.2, -0.15) is 5.26 Å². The van der Waals surface area contributed by atoms with Gasteiger partial charge in [-0.1, -0.05) is 54.1 Å². The number of halogens is 2. The fourth-order valence-electron chi connectivity index (χ4n) is 2.79. The van der Waals surface area contributed by atoms with E-state index in [0.29, 0.717) is 22.0 Å². The first-order chi connectivity index (χ1) is 13.6. The number of hydrogen-bond donors (Lipinski definition) is 2. The lowest BCUT2D eigenvalue weighted by Gasteiger charge is -2.14. The highest BCUT2D eigenvalue weighted by atomic mass is 35.5. The van der Waals surface area contributed by atoms with E-state index < -0.39 is 11.7 Å². The molecule has 0 radical (unpaired) electrons. The first-order valence-electron chi connectivity index (χ1n) is 8.60. The van der Waals surface area contributed by atoms with Crippen LogP contribution in [0.1, 0.15) is 17.0 Å². The third-order valence-electron chi connectivity index (χ3n) is 4.13. The number of nitrogens with one attached hydrogen (secondary N) is 2. The van der Waals surface area contributed by atoms with Crippen molar-refractivity contribution in [3.8, 4) is 6.07 Å². The van der Waals surface area contributed by atoms with Gasteiger partial charge in [0.15, 0.2) is 0 Å². The maximum atomic E-state index is 13.2. The number of nitrogens with zero attached hydrogens (tertiary/aromatic N) is 1. The Kier molecular flexibility index (Phi) is 6.25. The zero-order valence-corrected chi connectivity index (χ0v) is 15.6. The second-order valence-electron chi connectivity index (χ2n) is 6.12. The van der Waals surface area contributed by atoms with Crippen LogP contribution in [0.3, 0.4) is 0 Å². The smallest absolute Gasteiger partial charge is 0.243 e. The highest BCUT2D eigenvalue weighted by molar-refractivity contribution is 6.31. The highest BCUT2D eigenvalue weighted by Gasteiger charge is 2.16. The molecule has 0 bridgehead atoms.